The maximum atomic E-state index is 12.7. The van der Waals surface area contributed by atoms with Gasteiger partial charge in [0.05, 0.1) is 0 Å². The molecule has 2 N–H and O–H groups in total. The fourth-order valence-corrected chi connectivity index (χ4v) is 2.95. The highest BCUT2D eigenvalue weighted by atomic mass is 35.5. The summed E-state index contributed by atoms with van der Waals surface area (Å²) < 4.78 is 10.6. The van der Waals surface area contributed by atoms with E-state index in [1.165, 1.54) is 0 Å². The molecule has 2 aliphatic heterocycles. The number of halogens is 1. The van der Waals surface area contributed by atoms with Crippen LogP contribution in [-0.2, 0) is 0 Å². The normalized spacial score (nSPS) is 21.6. The lowest BCUT2D eigenvalue weighted by molar-refractivity contribution is 0.0583. The van der Waals surface area contributed by atoms with Crippen LogP contribution in [0.1, 0.15) is 36.5 Å². The number of likely N-dealkylation sites (tertiary alicyclic amines) is 1. The molecule has 21 heavy (non-hydrogen) atoms. The predicted molar refractivity (Wildman–Crippen MR) is 82.1 cm³/mol. The van der Waals surface area contributed by atoms with Gasteiger partial charge in [-0.3, -0.25) is 4.79 Å². The van der Waals surface area contributed by atoms with E-state index in [0.29, 0.717) is 17.1 Å². The molecule has 0 aliphatic carbocycles. The Kier molecular flexibility index (Phi) is 4.96. The summed E-state index contributed by atoms with van der Waals surface area (Å²) in [6, 6.07) is 5.47. The summed E-state index contributed by atoms with van der Waals surface area (Å²) in [5, 5.41) is 0. The maximum absolute atomic E-state index is 12.7. The fraction of sp³-hybridized carbons (Fsp3) is 0.533. The smallest absolute Gasteiger partial charge is 0.254 e. The Bertz CT molecular complexity index is 522. The second kappa shape index (κ2) is 6.54. The molecule has 0 spiro atoms. The lowest BCUT2D eigenvalue weighted by Gasteiger charge is -2.38. The highest BCUT2D eigenvalue weighted by Crippen LogP contribution is 2.33. The molecule has 1 aromatic carbocycles. The molecule has 2 atom stereocenters. The molecule has 3 rings (SSSR count). The first-order chi connectivity index (χ1) is 9.66. The third-order valence-electron chi connectivity index (χ3n) is 4.04. The minimum Gasteiger partial charge on any atom is -0.454 e. The van der Waals surface area contributed by atoms with Crippen LogP contribution in [0.5, 0.6) is 11.5 Å². The highest BCUT2D eigenvalue weighted by molar-refractivity contribution is 5.95. The number of nitrogens with zero attached hydrogens (tertiary/aromatic N) is 1. The molecule has 2 aliphatic rings. The molecule has 0 radical (unpaired) electrons. The van der Waals surface area contributed by atoms with E-state index >= 15 is 0 Å². The molecule has 1 amide bonds. The van der Waals surface area contributed by atoms with Gasteiger partial charge in [-0.05, 0) is 44.4 Å². The van der Waals surface area contributed by atoms with Gasteiger partial charge in [-0.1, -0.05) is 0 Å². The molecule has 6 heteroatoms. The van der Waals surface area contributed by atoms with Gasteiger partial charge in [0.25, 0.3) is 5.91 Å². The fourth-order valence-electron chi connectivity index (χ4n) is 2.95. The first kappa shape index (κ1) is 15.9. The van der Waals surface area contributed by atoms with Crippen molar-refractivity contribution in [3.8, 4) is 11.5 Å². The maximum Gasteiger partial charge on any atom is 0.254 e. The predicted octanol–water partition coefficient (Wildman–Crippen LogP) is 2.18. The van der Waals surface area contributed by atoms with Crippen LogP contribution in [0.25, 0.3) is 0 Å². The van der Waals surface area contributed by atoms with Crippen molar-refractivity contribution in [3.63, 3.8) is 0 Å². The van der Waals surface area contributed by atoms with Crippen molar-refractivity contribution in [1.29, 1.82) is 0 Å². The Balaban J connectivity index is 0.00000161. The van der Waals surface area contributed by atoms with E-state index in [1.54, 1.807) is 18.2 Å². The van der Waals surface area contributed by atoms with Crippen molar-refractivity contribution in [1.82, 2.24) is 4.90 Å². The van der Waals surface area contributed by atoms with Crippen molar-refractivity contribution in [2.45, 2.75) is 38.3 Å². The number of carbonyl (C=O) groups is 1. The van der Waals surface area contributed by atoms with Crippen LogP contribution in [0.4, 0.5) is 0 Å². The molecule has 0 bridgehead atoms. The Morgan fingerprint density at radius 2 is 2.10 bits per heavy atom. The van der Waals surface area contributed by atoms with Crippen LogP contribution >= 0.6 is 12.4 Å². The quantitative estimate of drug-likeness (QED) is 0.909. The SMILES string of the molecule is CC(N)C1CCCCN1C(=O)c1ccc2c(c1)OCO2.Cl. The van der Waals surface area contributed by atoms with Gasteiger partial charge < -0.3 is 20.1 Å². The van der Waals surface area contributed by atoms with E-state index in [9.17, 15) is 4.79 Å². The zero-order valence-electron chi connectivity index (χ0n) is 12.1. The van der Waals surface area contributed by atoms with E-state index < -0.39 is 0 Å². The standard InChI is InChI=1S/C15H20N2O3.ClH/c1-10(16)12-4-2-3-7-17(12)15(18)11-5-6-13-14(8-11)20-9-19-13;/h5-6,8,10,12H,2-4,7,9,16H2,1H3;1H. The number of amides is 1. The van der Waals surface area contributed by atoms with Crippen molar-refractivity contribution in [2.24, 2.45) is 5.73 Å². The summed E-state index contributed by atoms with van der Waals surface area (Å²) >= 11 is 0. The van der Waals surface area contributed by atoms with Crippen LogP contribution in [0.15, 0.2) is 18.2 Å². The van der Waals surface area contributed by atoms with Gasteiger partial charge in [0.1, 0.15) is 0 Å². The minimum atomic E-state index is -0.00624. The minimum absolute atomic E-state index is 0. The summed E-state index contributed by atoms with van der Waals surface area (Å²) in [7, 11) is 0. The summed E-state index contributed by atoms with van der Waals surface area (Å²) in [5.74, 6) is 1.37. The number of rotatable bonds is 2. The first-order valence-electron chi connectivity index (χ1n) is 7.13. The monoisotopic (exact) mass is 312 g/mol. The lowest BCUT2D eigenvalue weighted by Crippen LogP contribution is -2.51. The number of hydrogen-bond acceptors (Lipinski definition) is 4. The van der Waals surface area contributed by atoms with Crippen molar-refractivity contribution < 1.29 is 14.3 Å². The Labute approximate surface area is 130 Å². The average Bonchev–Trinajstić information content (AvgIpc) is 2.93. The number of ether oxygens (including phenoxy) is 2. The van der Waals surface area contributed by atoms with Crippen LogP contribution in [0, 0.1) is 0 Å². The summed E-state index contributed by atoms with van der Waals surface area (Å²) in [6.45, 7) is 2.97. The molecule has 116 valence electrons. The van der Waals surface area contributed by atoms with Gasteiger partial charge in [0.15, 0.2) is 11.5 Å². The second-order valence-corrected chi connectivity index (χ2v) is 5.49. The number of piperidine rings is 1. The van der Waals surface area contributed by atoms with Crippen LogP contribution < -0.4 is 15.2 Å². The molecule has 1 saturated heterocycles. The lowest BCUT2D eigenvalue weighted by atomic mass is 9.96. The van der Waals surface area contributed by atoms with Gasteiger partial charge in [-0.15, -0.1) is 12.4 Å². The molecule has 2 unspecified atom stereocenters. The molecule has 0 aromatic heterocycles. The Hall–Kier alpha value is -1.46. The Morgan fingerprint density at radius 3 is 2.86 bits per heavy atom. The second-order valence-electron chi connectivity index (χ2n) is 5.49. The number of benzene rings is 1. The van der Waals surface area contributed by atoms with Gasteiger partial charge in [-0.2, -0.15) is 0 Å². The summed E-state index contributed by atoms with van der Waals surface area (Å²) in [4.78, 5) is 14.6. The van der Waals surface area contributed by atoms with Crippen LogP contribution in [0.2, 0.25) is 0 Å². The molecular weight excluding hydrogens is 292 g/mol. The highest BCUT2D eigenvalue weighted by Gasteiger charge is 2.30. The number of hydrogen-bond donors (Lipinski definition) is 1. The van der Waals surface area contributed by atoms with Crippen LogP contribution in [-0.4, -0.2) is 36.2 Å². The van der Waals surface area contributed by atoms with Gasteiger partial charge in [0, 0.05) is 24.2 Å². The molecule has 2 heterocycles. The van der Waals surface area contributed by atoms with E-state index in [4.69, 9.17) is 15.2 Å². The van der Waals surface area contributed by atoms with Crippen molar-refractivity contribution in [2.75, 3.05) is 13.3 Å². The van der Waals surface area contributed by atoms with E-state index in [0.717, 1.165) is 25.8 Å². The number of carbonyl (C=O) groups excluding carboxylic acids is 1. The van der Waals surface area contributed by atoms with E-state index in [1.807, 2.05) is 11.8 Å². The molecule has 5 nitrogen and oxygen atoms in total. The molecule has 1 fully saturated rings. The van der Waals surface area contributed by atoms with Crippen molar-refractivity contribution >= 4 is 18.3 Å². The average molecular weight is 313 g/mol. The molecule has 1 aromatic rings. The third-order valence-corrected chi connectivity index (χ3v) is 4.04. The van der Waals surface area contributed by atoms with E-state index in [-0.39, 0.29) is 37.2 Å². The van der Waals surface area contributed by atoms with Crippen molar-refractivity contribution in [3.05, 3.63) is 23.8 Å². The number of nitrogens with two attached hydrogens (primary N) is 1. The third kappa shape index (κ3) is 3.09. The summed E-state index contributed by atoms with van der Waals surface area (Å²) in [6.07, 6.45) is 3.16. The topological polar surface area (TPSA) is 64.8 Å². The van der Waals surface area contributed by atoms with Gasteiger partial charge in [0.2, 0.25) is 6.79 Å². The van der Waals surface area contributed by atoms with Crippen LogP contribution in [0.3, 0.4) is 0 Å². The number of fused-ring (bicyclic) bond motifs is 1. The largest absolute Gasteiger partial charge is 0.454 e. The first-order valence-corrected chi connectivity index (χ1v) is 7.13. The zero-order chi connectivity index (χ0) is 14.1. The summed E-state index contributed by atoms with van der Waals surface area (Å²) in [5.41, 5.74) is 6.67. The molecular formula is C15H21ClN2O3. The van der Waals surface area contributed by atoms with Gasteiger partial charge in [-0.25, -0.2) is 0 Å². The van der Waals surface area contributed by atoms with E-state index in [2.05, 4.69) is 0 Å². The Morgan fingerprint density at radius 1 is 1.33 bits per heavy atom. The zero-order valence-corrected chi connectivity index (χ0v) is 12.9. The molecule has 0 saturated carbocycles. The van der Waals surface area contributed by atoms with Gasteiger partial charge >= 0.3 is 0 Å².